The number of benzene rings is 2. The van der Waals surface area contributed by atoms with E-state index in [2.05, 4.69) is 4.84 Å². The number of aromatic nitrogens is 1. The van der Waals surface area contributed by atoms with E-state index < -0.39 is 26.8 Å². The lowest BCUT2D eigenvalue weighted by Gasteiger charge is -2.14. The lowest BCUT2D eigenvalue weighted by Crippen LogP contribution is -2.16. The maximum Gasteiger partial charge on any atom is 0.311 e. The van der Waals surface area contributed by atoms with Crippen molar-refractivity contribution in [1.29, 1.82) is 0 Å². The predicted octanol–water partition coefficient (Wildman–Crippen LogP) is 3.62. The first-order chi connectivity index (χ1) is 15.1. The van der Waals surface area contributed by atoms with Crippen LogP contribution in [-0.2, 0) is 19.5 Å². The van der Waals surface area contributed by atoms with Gasteiger partial charge in [0.05, 0.1) is 23.1 Å². The predicted molar refractivity (Wildman–Crippen MR) is 117 cm³/mol. The van der Waals surface area contributed by atoms with Gasteiger partial charge in [0, 0.05) is 17.6 Å². The normalized spacial score (nSPS) is 12.3. The highest BCUT2D eigenvalue weighted by Crippen LogP contribution is 2.35. The Kier molecular flexibility index (Phi) is 6.64. The topological polar surface area (TPSA) is 129 Å². The molecule has 32 heavy (non-hydrogen) atoms. The molecule has 1 heterocycles. The quantitative estimate of drug-likeness (QED) is 0.383. The Morgan fingerprint density at radius 3 is 2.31 bits per heavy atom. The first-order valence-corrected chi connectivity index (χ1v) is 11.6. The molecule has 3 aromatic rings. The molecule has 0 aliphatic carbocycles. The second-order valence-electron chi connectivity index (χ2n) is 7.27. The van der Waals surface area contributed by atoms with Gasteiger partial charge in [0.2, 0.25) is 0 Å². The van der Waals surface area contributed by atoms with E-state index in [1.54, 1.807) is 25.1 Å². The molecule has 0 fully saturated rings. The number of sulfone groups is 1. The molecule has 2 aromatic carbocycles. The van der Waals surface area contributed by atoms with Gasteiger partial charge in [-0.3, -0.25) is 4.79 Å². The van der Waals surface area contributed by atoms with Crippen LogP contribution in [0, 0.1) is 17.0 Å². The Morgan fingerprint density at radius 1 is 1.16 bits per heavy atom. The molecule has 1 unspecified atom stereocenters. The van der Waals surface area contributed by atoms with Crippen LogP contribution in [0.3, 0.4) is 0 Å². The molecule has 0 aliphatic rings. The highest BCUT2D eigenvalue weighted by atomic mass is 32.2. The standard InChI is InChI=1S/C22H22N2O7S/c1-15-20(19(22(25)26)12-13-31-24(27)28)14-21(23(15)17-6-4-3-5-7-17)16-8-10-18(11-9-16)32(2,29)30/h3-11,14,19H,12-13H2,1-2H3,(H,25,26). The van der Waals surface area contributed by atoms with Gasteiger partial charge in [-0.1, -0.05) is 30.3 Å². The summed E-state index contributed by atoms with van der Waals surface area (Å²) in [6.07, 6.45) is 1.05. The Labute approximate surface area is 184 Å². The number of nitrogens with zero attached hydrogens (tertiary/aromatic N) is 2. The van der Waals surface area contributed by atoms with Crippen molar-refractivity contribution in [2.24, 2.45) is 0 Å². The number of rotatable bonds is 9. The third-order valence-electron chi connectivity index (χ3n) is 5.16. The average molecular weight is 458 g/mol. The molecule has 0 amide bonds. The summed E-state index contributed by atoms with van der Waals surface area (Å²) < 4.78 is 25.5. The van der Waals surface area contributed by atoms with Crippen LogP contribution in [0.5, 0.6) is 0 Å². The lowest BCUT2D eigenvalue weighted by molar-refractivity contribution is -0.757. The molecule has 0 bridgehead atoms. The summed E-state index contributed by atoms with van der Waals surface area (Å²) in [5.74, 6) is -2.14. The maximum absolute atomic E-state index is 12.0. The molecule has 168 valence electrons. The Bertz CT molecular complexity index is 1230. The van der Waals surface area contributed by atoms with Gasteiger partial charge in [0.25, 0.3) is 5.09 Å². The van der Waals surface area contributed by atoms with E-state index in [0.717, 1.165) is 11.9 Å². The molecule has 3 rings (SSSR count). The second-order valence-corrected chi connectivity index (χ2v) is 9.29. The van der Waals surface area contributed by atoms with Crippen LogP contribution in [0.25, 0.3) is 16.9 Å². The molecule has 0 radical (unpaired) electrons. The van der Waals surface area contributed by atoms with Crippen LogP contribution in [0.1, 0.15) is 23.6 Å². The Balaban J connectivity index is 2.14. The molecular formula is C22H22N2O7S. The van der Waals surface area contributed by atoms with Crippen molar-refractivity contribution in [1.82, 2.24) is 4.57 Å². The zero-order valence-corrected chi connectivity index (χ0v) is 18.3. The average Bonchev–Trinajstić information content (AvgIpc) is 3.07. The van der Waals surface area contributed by atoms with E-state index in [4.69, 9.17) is 0 Å². The highest BCUT2D eigenvalue weighted by Gasteiger charge is 2.27. The molecule has 1 atom stereocenters. The second kappa shape index (κ2) is 9.23. The van der Waals surface area contributed by atoms with Crippen LogP contribution in [-0.4, -0.2) is 42.0 Å². The van der Waals surface area contributed by atoms with Gasteiger partial charge < -0.3 is 14.5 Å². The van der Waals surface area contributed by atoms with E-state index >= 15 is 0 Å². The fraction of sp³-hybridized carbons (Fsp3) is 0.227. The van der Waals surface area contributed by atoms with Crippen LogP contribution >= 0.6 is 0 Å². The number of carbonyl (C=O) groups is 1. The molecule has 9 nitrogen and oxygen atoms in total. The van der Waals surface area contributed by atoms with Crippen molar-refractivity contribution in [2.45, 2.75) is 24.2 Å². The fourth-order valence-corrected chi connectivity index (χ4v) is 4.26. The molecule has 0 aliphatic heterocycles. The van der Waals surface area contributed by atoms with Crippen molar-refractivity contribution in [3.05, 3.63) is 82.0 Å². The van der Waals surface area contributed by atoms with Crippen molar-refractivity contribution in [3.63, 3.8) is 0 Å². The van der Waals surface area contributed by atoms with Crippen LogP contribution < -0.4 is 0 Å². The van der Waals surface area contributed by atoms with Gasteiger partial charge >= 0.3 is 5.97 Å². The minimum atomic E-state index is -3.36. The van der Waals surface area contributed by atoms with Gasteiger partial charge in [0.1, 0.15) is 0 Å². The number of carboxylic acid groups (broad SMARTS) is 1. The van der Waals surface area contributed by atoms with Crippen LogP contribution in [0.15, 0.2) is 65.6 Å². The Morgan fingerprint density at radius 2 is 1.78 bits per heavy atom. The summed E-state index contributed by atoms with van der Waals surface area (Å²) in [7, 11) is -3.36. The van der Waals surface area contributed by atoms with Gasteiger partial charge in [-0.05, 0) is 54.8 Å². The Hall–Kier alpha value is -3.66. The smallest absolute Gasteiger partial charge is 0.311 e. The summed E-state index contributed by atoms with van der Waals surface area (Å²) in [5.41, 5.74) is 3.32. The van der Waals surface area contributed by atoms with Crippen molar-refractivity contribution in [2.75, 3.05) is 12.9 Å². The summed E-state index contributed by atoms with van der Waals surface area (Å²) in [6, 6.07) is 17.4. The van der Waals surface area contributed by atoms with E-state index in [1.807, 2.05) is 34.9 Å². The van der Waals surface area contributed by atoms with E-state index in [-0.39, 0.29) is 17.9 Å². The number of carboxylic acids is 1. The lowest BCUT2D eigenvalue weighted by atomic mass is 9.96. The minimum Gasteiger partial charge on any atom is -0.481 e. The molecule has 0 saturated carbocycles. The van der Waals surface area contributed by atoms with Gasteiger partial charge in [-0.2, -0.15) is 0 Å². The van der Waals surface area contributed by atoms with Crippen molar-refractivity contribution in [3.8, 4) is 16.9 Å². The first-order valence-electron chi connectivity index (χ1n) is 9.68. The SMILES string of the molecule is Cc1c(C(CCO[N+](=O)[O-])C(=O)O)cc(-c2ccc(S(C)(=O)=O)cc2)n1-c1ccccc1. The largest absolute Gasteiger partial charge is 0.481 e. The maximum atomic E-state index is 12.0. The fourth-order valence-electron chi connectivity index (χ4n) is 3.63. The molecule has 1 N–H and O–H groups in total. The summed E-state index contributed by atoms with van der Waals surface area (Å²) in [4.78, 5) is 27.0. The number of hydrogen-bond donors (Lipinski definition) is 1. The van der Waals surface area contributed by atoms with E-state index in [1.165, 1.54) is 12.1 Å². The first kappa shape index (κ1) is 23.0. The molecule has 1 aromatic heterocycles. The number of para-hydroxylation sites is 1. The summed E-state index contributed by atoms with van der Waals surface area (Å²) in [5, 5.41) is 19.3. The number of aliphatic carboxylic acids is 1. The molecule has 0 spiro atoms. The van der Waals surface area contributed by atoms with Crippen LogP contribution in [0.2, 0.25) is 0 Å². The number of hydrogen-bond acceptors (Lipinski definition) is 6. The highest BCUT2D eigenvalue weighted by molar-refractivity contribution is 7.90. The summed E-state index contributed by atoms with van der Waals surface area (Å²) >= 11 is 0. The minimum absolute atomic E-state index is 0.0809. The molecule has 0 saturated heterocycles. The van der Waals surface area contributed by atoms with E-state index in [0.29, 0.717) is 22.5 Å². The van der Waals surface area contributed by atoms with Gasteiger partial charge in [-0.25, -0.2) is 8.42 Å². The van der Waals surface area contributed by atoms with Gasteiger partial charge in [-0.15, -0.1) is 10.1 Å². The summed E-state index contributed by atoms with van der Waals surface area (Å²) in [6.45, 7) is 1.43. The monoisotopic (exact) mass is 458 g/mol. The molecule has 10 heteroatoms. The van der Waals surface area contributed by atoms with Gasteiger partial charge in [0.15, 0.2) is 9.84 Å². The zero-order chi connectivity index (χ0) is 23.5. The zero-order valence-electron chi connectivity index (χ0n) is 17.5. The van der Waals surface area contributed by atoms with Crippen molar-refractivity contribution >= 4 is 15.8 Å². The van der Waals surface area contributed by atoms with Crippen LogP contribution in [0.4, 0.5) is 0 Å². The third kappa shape index (κ3) is 4.97. The molecular weight excluding hydrogens is 436 g/mol. The van der Waals surface area contributed by atoms with Crippen molar-refractivity contribution < 1.29 is 28.2 Å². The van der Waals surface area contributed by atoms with E-state index in [9.17, 15) is 28.4 Å². The third-order valence-corrected chi connectivity index (χ3v) is 6.28.